The van der Waals surface area contributed by atoms with Crippen LogP contribution in [0.15, 0.2) is 109 Å². The topological polar surface area (TPSA) is 58.9 Å². The van der Waals surface area contributed by atoms with E-state index < -0.39 is 0 Å². The lowest BCUT2D eigenvalue weighted by Crippen LogP contribution is -2.26. The first-order chi connectivity index (χ1) is 23.1. The number of hydrogen-bond donors (Lipinski definition) is 2. The van der Waals surface area contributed by atoms with Crippen molar-refractivity contribution in [2.45, 2.75) is 63.5 Å². The first-order valence-electron chi connectivity index (χ1n) is 16.7. The number of unbranched alkanes of at least 4 members (excludes halogenated alkanes) is 4. The van der Waals surface area contributed by atoms with Crippen molar-refractivity contribution in [2.24, 2.45) is 0 Å². The predicted octanol–water partition coefficient (Wildman–Crippen LogP) is 11.2. The molecule has 0 saturated carbocycles. The molecule has 2 N–H and O–H groups in total. The van der Waals surface area contributed by atoms with Gasteiger partial charge in [-0.3, -0.25) is 0 Å². The molecule has 0 fully saturated rings. The summed E-state index contributed by atoms with van der Waals surface area (Å²) in [7, 11) is 0. The number of benzene rings is 4. The monoisotopic (exact) mass is 698 g/mol. The van der Waals surface area contributed by atoms with E-state index in [0.29, 0.717) is 13.2 Å². The number of ether oxygens (including phenoxy) is 2. The lowest BCUT2D eigenvalue weighted by molar-refractivity contribution is 0.0453. The fourth-order valence-corrected chi connectivity index (χ4v) is 6.83. The van der Waals surface area contributed by atoms with Gasteiger partial charge in [-0.25, -0.2) is 0 Å². The molecule has 4 aromatic carbocycles. The maximum absolute atomic E-state index is 9.86. The zero-order valence-electron chi connectivity index (χ0n) is 28.0. The summed E-state index contributed by atoms with van der Waals surface area (Å²) in [5.74, 6) is 1.49. The average Bonchev–Trinajstić information content (AvgIpc) is 3.12. The zero-order chi connectivity index (χ0) is 34.0. The number of halogens is 2. The molecule has 0 amide bonds. The maximum atomic E-state index is 9.86. The lowest BCUT2D eigenvalue weighted by atomic mass is 9.84. The molecule has 0 aliphatic rings. The van der Waals surface area contributed by atoms with Gasteiger partial charge in [0, 0.05) is 13.2 Å². The Balaban J connectivity index is 0.00000145. The highest BCUT2D eigenvalue weighted by atomic mass is 35.5. The fourth-order valence-electron chi connectivity index (χ4n) is 5.27. The summed E-state index contributed by atoms with van der Waals surface area (Å²) in [5.41, 5.74) is 4.72. The average molecular weight is 700 g/mol. The van der Waals surface area contributed by atoms with Crippen molar-refractivity contribution in [3.63, 3.8) is 0 Å². The van der Waals surface area contributed by atoms with E-state index in [0.717, 1.165) is 69.5 Å². The molecule has 0 unspecified atom stereocenters. The second kappa shape index (κ2) is 25.4. The summed E-state index contributed by atoms with van der Waals surface area (Å²) in [4.78, 5) is 0. The SMILES string of the molecule is CC.ClCCl.Oc1ccc(O)c(CCCCCCOCCOCCCCSC(c2ccccc2)(c2ccccc2)c2ccccc2)c1. The first-order valence-corrected chi connectivity index (χ1v) is 18.8. The molecule has 0 aliphatic carbocycles. The quantitative estimate of drug-likeness (QED) is 0.0442. The molecular formula is C40H52Cl2O4S. The van der Waals surface area contributed by atoms with Crippen molar-refractivity contribution in [3.8, 4) is 11.5 Å². The smallest absolute Gasteiger partial charge is 0.119 e. The van der Waals surface area contributed by atoms with Crippen LogP contribution < -0.4 is 0 Å². The summed E-state index contributed by atoms with van der Waals surface area (Å²) >= 11 is 11.5. The lowest BCUT2D eigenvalue weighted by Gasteiger charge is -2.35. The highest BCUT2D eigenvalue weighted by molar-refractivity contribution is 8.00. The van der Waals surface area contributed by atoms with Crippen LogP contribution in [0.3, 0.4) is 0 Å². The predicted molar refractivity (Wildman–Crippen MR) is 202 cm³/mol. The van der Waals surface area contributed by atoms with E-state index in [1.165, 1.54) is 22.8 Å². The number of hydrogen-bond acceptors (Lipinski definition) is 5. The van der Waals surface area contributed by atoms with Gasteiger partial charge in [-0.1, -0.05) is 118 Å². The molecule has 0 bridgehead atoms. The fraction of sp³-hybridized carbons (Fsp3) is 0.400. The van der Waals surface area contributed by atoms with E-state index in [1.807, 2.05) is 25.6 Å². The molecule has 256 valence electrons. The van der Waals surface area contributed by atoms with Gasteiger partial charge in [-0.15, -0.1) is 35.0 Å². The number of phenolic OH excluding ortho intramolecular Hbond substituents is 2. The molecule has 0 atom stereocenters. The molecule has 4 rings (SSSR count). The molecular weight excluding hydrogens is 647 g/mol. The molecule has 0 radical (unpaired) electrons. The maximum Gasteiger partial charge on any atom is 0.119 e. The van der Waals surface area contributed by atoms with Crippen LogP contribution in [-0.4, -0.2) is 47.7 Å². The number of thioether (sulfide) groups is 1. The van der Waals surface area contributed by atoms with Crippen LogP contribution in [0.1, 0.15) is 74.6 Å². The second-order valence-corrected chi connectivity index (χ2v) is 12.8. The highest BCUT2D eigenvalue weighted by Crippen LogP contribution is 2.48. The molecule has 47 heavy (non-hydrogen) atoms. The van der Waals surface area contributed by atoms with Gasteiger partial charge >= 0.3 is 0 Å². The Kier molecular flexibility index (Phi) is 21.9. The molecule has 7 heteroatoms. The third-order valence-electron chi connectivity index (χ3n) is 7.46. The van der Waals surface area contributed by atoms with Crippen LogP contribution in [-0.2, 0) is 20.6 Å². The van der Waals surface area contributed by atoms with Crippen molar-refractivity contribution < 1.29 is 19.7 Å². The summed E-state index contributed by atoms with van der Waals surface area (Å²) in [6.07, 6.45) is 7.06. The third kappa shape index (κ3) is 14.5. The molecule has 0 saturated heterocycles. The van der Waals surface area contributed by atoms with Crippen LogP contribution in [0.2, 0.25) is 0 Å². The zero-order valence-corrected chi connectivity index (χ0v) is 30.3. The number of aryl methyl sites for hydroxylation is 1. The van der Waals surface area contributed by atoms with Crippen LogP contribution in [0.5, 0.6) is 11.5 Å². The number of rotatable bonds is 19. The van der Waals surface area contributed by atoms with Gasteiger partial charge in [0.15, 0.2) is 0 Å². The highest BCUT2D eigenvalue weighted by Gasteiger charge is 2.36. The Morgan fingerprint density at radius 2 is 1.02 bits per heavy atom. The molecule has 4 aromatic rings. The molecule has 0 heterocycles. The Labute approximate surface area is 297 Å². The van der Waals surface area contributed by atoms with Gasteiger partial charge in [-0.05, 0) is 78.3 Å². The van der Waals surface area contributed by atoms with Crippen LogP contribution >= 0.6 is 35.0 Å². The molecule has 0 aromatic heterocycles. The largest absolute Gasteiger partial charge is 0.508 e. The summed E-state index contributed by atoms with van der Waals surface area (Å²) in [6, 6.07) is 37.3. The second-order valence-electron chi connectivity index (χ2n) is 10.6. The first kappa shape index (κ1) is 40.5. The van der Waals surface area contributed by atoms with Gasteiger partial charge in [0.1, 0.15) is 11.5 Å². The van der Waals surface area contributed by atoms with Crippen LogP contribution in [0, 0.1) is 0 Å². The normalized spacial score (nSPS) is 10.8. The Morgan fingerprint density at radius 3 is 1.51 bits per heavy atom. The Morgan fingerprint density at radius 1 is 0.574 bits per heavy atom. The minimum atomic E-state index is -0.259. The molecule has 0 aliphatic heterocycles. The van der Waals surface area contributed by atoms with Gasteiger partial charge in [0.05, 0.1) is 23.3 Å². The van der Waals surface area contributed by atoms with Crippen LogP contribution in [0.25, 0.3) is 0 Å². The van der Waals surface area contributed by atoms with Crippen molar-refractivity contribution in [1.29, 1.82) is 0 Å². The van der Waals surface area contributed by atoms with E-state index >= 15 is 0 Å². The van der Waals surface area contributed by atoms with Gasteiger partial charge in [0.2, 0.25) is 0 Å². The molecule has 0 spiro atoms. The Bertz CT molecular complexity index is 1210. The number of aromatic hydroxyl groups is 2. The van der Waals surface area contributed by atoms with E-state index in [1.54, 1.807) is 12.1 Å². The standard InChI is InChI=1S/C37H44O4S.C2H6.CH2Cl2/c38-35-23-24-36(39)31(30-35)16-6-1-2-13-25-40-27-28-41-26-14-15-29-42-37(32-17-7-3-8-18-32,33-19-9-4-10-20-33)34-21-11-5-12-22-34;1-2;2-1-3/h3-5,7-12,17-24,30,38-39H,1-2,6,13-16,25-29H2;1-2H3;1H2. The van der Waals surface area contributed by atoms with Crippen molar-refractivity contribution >= 4 is 35.0 Å². The minimum absolute atomic E-state index is 0.194. The third-order valence-corrected chi connectivity index (χ3v) is 9.10. The van der Waals surface area contributed by atoms with Gasteiger partial charge in [-0.2, -0.15) is 0 Å². The summed E-state index contributed by atoms with van der Waals surface area (Å²) in [5, 5.41) is 19.6. The number of alkyl halides is 2. The summed E-state index contributed by atoms with van der Waals surface area (Å²) < 4.78 is 11.3. The van der Waals surface area contributed by atoms with Crippen molar-refractivity contribution in [3.05, 3.63) is 131 Å². The van der Waals surface area contributed by atoms with E-state index in [2.05, 4.69) is 91.0 Å². The van der Waals surface area contributed by atoms with E-state index in [-0.39, 0.29) is 21.6 Å². The van der Waals surface area contributed by atoms with E-state index in [4.69, 9.17) is 32.7 Å². The molecule has 4 nitrogen and oxygen atoms in total. The van der Waals surface area contributed by atoms with Crippen molar-refractivity contribution in [2.75, 3.05) is 37.5 Å². The Hall–Kier alpha value is -2.67. The van der Waals surface area contributed by atoms with Gasteiger partial charge in [0.25, 0.3) is 0 Å². The minimum Gasteiger partial charge on any atom is -0.508 e. The summed E-state index contributed by atoms with van der Waals surface area (Å²) in [6.45, 7) is 6.76. The van der Waals surface area contributed by atoms with Crippen LogP contribution in [0.4, 0.5) is 0 Å². The number of phenols is 2. The van der Waals surface area contributed by atoms with Crippen molar-refractivity contribution in [1.82, 2.24) is 0 Å². The van der Waals surface area contributed by atoms with Gasteiger partial charge < -0.3 is 19.7 Å². The van der Waals surface area contributed by atoms with E-state index in [9.17, 15) is 10.2 Å².